The van der Waals surface area contributed by atoms with Crippen molar-refractivity contribution in [3.63, 3.8) is 0 Å². The maximum atomic E-state index is 12.0. The van der Waals surface area contributed by atoms with Crippen molar-refractivity contribution in [2.45, 2.75) is 58.5 Å². The van der Waals surface area contributed by atoms with Gasteiger partial charge in [0.2, 0.25) is 5.91 Å². The molecule has 2 amide bonds. The monoisotopic (exact) mass is 348 g/mol. The molecular weight excluding hydrogens is 320 g/mol. The van der Waals surface area contributed by atoms with Crippen LogP contribution in [0.1, 0.15) is 52.4 Å². The summed E-state index contributed by atoms with van der Waals surface area (Å²) < 4.78 is 10.9. The molecule has 0 aromatic heterocycles. The van der Waals surface area contributed by atoms with E-state index in [9.17, 15) is 9.59 Å². The van der Waals surface area contributed by atoms with Gasteiger partial charge in [-0.25, -0.2) is 0 Å². The molecule has 1 aromatic carbocycles. The van der Waals surface area contributed by atoms with Crippen molar-refractivity contribution in [1.82, 2.24) is 10.9 Å². The third-order valence-electron chi connectivity index (χ3n) is 4.34. The van der Waals surface area contributed by atoms with Crippen LogP contribution >= 0.6 is 0 Å². The number of hydrogen-bond donors (Lipinski definition) is 2. The number of carbonyl (C=O) groups excluding carboxylic acids is 2. The van der Waals surface area contributed by atoms with Crippen LogP contribution in [0.25, 0.3) is 0 Å². The van der Waals surface area contributed by atoms with Crippen LogP contribution < -0.4 is 20.3 Å². The molecule has 1 unspecified atom stereocenters. The molecule has 6 heteroatoms. The fraction of sp³-hybridized carbons (Fsp3) is 0.579. The highest BCUT2D eigenvalue weighted by molar-refractivity contribution is 5.84. The number of hydrogen-bond acceptors (Lipinski definition) is 4. The smallest absolute Gasteiger partial charge is 0.279 e. The van der Waals surface area contributed by atoms with E-state index in [-0.39, 0.29) is 11.8 Å². The third kappa shape index (κ3) is 6.64. The molecule has 0 aliphatic heterocycles. The molecule has 1 aliphatic rings. The van der Waals surface area contributed by atoms with E-state index >= 15 is 0 Å². The van der Waals surface area contributed by atoms with E-state index in [1.54, 1.807) is 31.2 Å². The van der Waals surface area contributed by atoms with Gasteiger partial charge >= 0.3 is 0 Å². The molecule has 2 N–H and O–H groups in total. The van der Waals surface area contributed by atoms with E-state index in [0.29, 0.717) is 24.7 Å². The number of ether oxygens (including phenoxy) is 2. The van der Waals surface area contributed by atoms with Crippen LogP contribution in [0.2, 0.25) is 0 Å². The van der Waals surface area contributed by atoms with Crippen LogP contribution in [0.3, 0.4) is 0 Å². The first kappa shape index (κ1) is 19.1. The Hall–Kier alpha value is -2.24. The predicted octanol–water partition coefficient (Wildman–Crippen LogP) is 2.97. The lowest BCUT2D eigenvalue weighted by atomic mass is 9.87. The molecule has 0 saturated heterocycles. The minimum atomic E-state index is -0.715. The van der Waals surface area contributed by atoms with Gasteiger partial charge in [0.15, 0.2) is 6.10 Å². The first-order valence-corrected chi connectivity index (χ1v) is 9.06. The molecular formula is C19H28N2O4. The van der Waals surface area contributed by atoms with Gasteiger partial charge in [-0.2, -0.15) is 0 Å². The van der Waals surface area contributed by atoms with Gasteiger partial charge in [0, 0.05) is 6.42 Å². The van der Waals surface area contributed by atoms with E-state index in [4.69, 9.17) is 9.47 Å². The van der Waals surface area contributed by atoms with Gasteiger partial charge in [0.05, 0.1) is 6.61 Å². The number of hydrazine groups is 1. The van der Waals surface area contributed by atoms with Crippen molar-refractivity contribution >= 4 is 11.8 Å². The second kappa shape index (κ2) is 9.91. The third-order valence-corrected chi connectivity index (χ3v) is 4.34. The van der Waals surface area contributed by atoms with Crippen molar-refractivity contribution in [1.29, 1.82) is 0 Å². The molecule has 0 heterocycles. The summed E-state index contributed by atoms with van der Waals surface area (Å²) >= 11 is 0. The minimum Gasteiger partial charge on any atom is -0.494 e. The molecule has 0 radical (unpaired) electrons. The molecule has 1 saturated carbocycles. The SMILES string of the molecule is CCOc1ccc(OC(C)C(=O)NNC(=O)CC2CCCCC2)cc1. The first-order valence-electron chi connectivity index (χ1n) is 9.06. The summed E-state index contributed by atoms with van der Waals surface area (Å²) in [4.78, 5) is 24.0. The van der Waals surface area contributed by atoms with Crippen LogP contribution in [-0.4, -0.2) is 24.5 Å². The van der Waals surface area contributed by atoms with Crippen molar-refractivity contribution < 1.29 is 19.1 Å². The van der Waals surface area contributed by atoms with Gasteiger partial charge in [-0.15, -0.1) is 0 Å². The fourth-order valence-corrected chi connectivity index (χ4v) is 2.98. The lowest BCUT2D eigenvalue weighted by Crippen LogP contribution is -2.47. The lowest BCUT2D eigenvalue weighted by molar-refractivity contribution is -0.133. The molecule has 138 valence electrons. The summed E-state index contributed by atoms with van der Waals surface area (Å²) in [6.07, 6.45) is 5.59. The van der Waals surface area contributed by atoms with Crippen LogP contribution in [0.15, 0.2) is 24.3 Å². The largest absolute Gasteiger partial charge is 0.494 e. The average molecular weight is 348 g/mol. The summed E-state index contributed by atoms with van der Waals surface area (Å²) in [5, 5.41) is 0. The standard InChI is InChI=1S/C19H28N2O4/c1-3-24-16-9-11-17(12-10-16)25-14(2)19(23)21-20-18(22)13-15-7-5-4-6-8-15/h9-12,14-15H,3-8,13H2,1-2H3,(H,20,22)(H,21,23). The lowest BCUT2D eigenvalue weighted by Gasteiger charge is -2.21. The number of amides is 2. The van der Waals surface area contributed by atoms with E-state index in [1.807, 2.05) is 6.92 Å². The maximum Gasteiger partial charge on any atom is 0.279 e. The van der Waals surface area contributed by atoms with Crippen molar-refractivity contribution in [3.8, 4) is 11.5 Å². The molecule has 2 rings (SSSR count). The Labute approximate surface area is 149 Å². The Morgan fingerprint density at radius 2 is 1.72 bits per heavy atom. The molecule has 1 aliphatic carbocycles. The summed E-state index contributed by atoms with van der Waals surface area (Å²) in [6.45, 7) is 4.15. The summed E-state index contributed by atoms with van der Waals surface area (Å²) in [7, 11) is 0. The Bertz CT molecular complexity index is 553. The van der Waals surface area contributed by atoms with Gasteiger partial charge in [-0.3, -0.25) is 20.4 Å². The topological polar surface area (TPSA) is 76.7 Å². The molecule has 1 fully saturated rings. The zero-order valence-corrected chi connectivity index (χ0v) is 15.0. The van der Waals surface area contributed by atoms with E-state index < -0.39 is 6.10 Å². The normalized spacial score (nSPS) is 15.9. The highest BCUT2D eigenvalue weighted by Crippen LogP contribution is 2.26. The quantitative estimate of drug-likeness (QED) is 0.743. The van der Waals surface area contributed by atoms with Crippen molar-refractivity contribution in [2.24, 2.45) is 5.92 Å². The number of carbonyl (C=O) groups is 2. The molecule has 6 nitrogen and oxygen atoms in total. The summed E-state index contributed by atoms with van der Waals surface area (Å²) in [5.41, 5.74) is 4.92. The van der Waals surface area contributed by atoms with Crippen LogP contribution in [0, 0.1) is 5.92 Å². The van der Waals surface area contributed by atoms with Gasteiger partial charge in [-0.05, 0) is 56.9 Å². The van der Waals surface area contributed by atoms with Crippen LogP contribution in [0.4, 0.5) is 0 Å². The molecule has 0 spiro atoms. The summed E-state index contributed by atoms with van der Waals surface area (Å²) in [5.74, 6) is 1.23. The van der Waals surface area contributed by atoms with E-state index in [1.165, 1.54) is 19.3 Å². The zero-order chi connectivity index (χ0) is 18.1. The van der Waals surface area contributed by atoms with Crippen LogP contribution in [-0.2, 0) is 9.59 Å². The Morgan fingerprint density at radius 1 is 1.08 bits per heavy atom. The predicted molar refractivity (Wildman–Crippen MR) is 95.2 cm³/mol. The Morgan fingerprint density at radius 3 is 2.36 bits per heavy atom. The Kier molecular flexibility index (Phi) is 7.57. The minimum absolute atomic E-state index is 0.145. The van der Waals surface area contributed by atoms with Gasteiger partial charge in [0.1, 0.15) is 11.5 Å². The van der Waals surface area contributed by atoms with Gasteiger partial charge in [0.25, 0.3) is 5.91 Å². The zero-order valence-electron chi connectivity index (χ0n) is 15.0. The fourth-order valence-electron chi connectivity index (χ4n) is 2.98. The van der Waals surface area contributed by atoms with Crippen molar-refractivity contribution in [2.75, 3.05) is 6.61 Å². The van der Waals surface area contributed by atoms with Crippen molar-refractivity contribution in [3.05, 3.63) is 24.3 Å². The molecule has 1 atom stereocenters. The highest BCUT2D eigenvalue weighted by atomic mass is 16.5. The average Bonchev–Trinajstić information content (AvgIpc) is 2.62. The molecule has 0 bridgehead atoms. The van der Waals surface area contributed by atoms with E-state index in [2.05, 4.69) is 10.9 Å². The first-order chi connectivity index (χ1) is 12.1. The van der Waals surface area contributed by atoms with E-state index in [0.717, 1.165) is 18.6 Å². The molecule has 1 aromatic rings. The van der Waals surface area contributed by atoms with Gasteiger partial charge < -0.3 is 9.47 Å². The second-order valence-electron chi connectivity index (χ2n) is 6.41. The van der Waals surface area contributed by atoms with Gasteiger partial charge in [-0.1, -0.05) is 19.3 Å². The highest BCUT2D eigenvalue weighted by Gasteiger charge is 2.19. The number of benzene rings is 1. The second-order valence-corrected chi connectivity index (χ2v) is 6.41. The summed E-state index contributed by atoms with van der Waals surface area (Å²) in [6, 6.07) is 7.07. The van der Waals surface area contributed by atoms with Crippen LogP contribution in [0.5, 0.6) is 11.5 Å². The number of nitrogens with one attached hydrogen (secondary N) is 2. The molecule has 25 heavy (non-hydrogen) atoms. The number of rotatable bonds is 7. The maximum absolute atomic E-state index is 12.0. The Balaban J connectivity index is 1.71.